The second-order valence-corrected chi connectivity index (χ2v) is 7.45. The van der Waals surface area contributed by atoms with E-state index in [2.05, 4.69) is 14.8 Å². The third-order valence-electron chi connectivity index (χ3n) is 4.11. The molecule has 1 aliphatic rings. The molecule has 0 spiro atoms. The number of hydrogen-bond acceptors (Lipinski definition) is 4. The summed E-state index contributed by atoms with van der Waals surface area (Å²) in [5, 5.41) is 4.23. The maximum absolute atomic E-state index is 12.2. The van der Waals surface area contributed by atoms with Crippen LogP contribution in [0.1, 0.15) is 24.1 Å². The summed E-state index contributed by atoms with van der Waals surface area (Å²) in [6, 6.07) is 16.4. The van der Waals surface area contributed by atoms with E-state index in [0.717, 1.165) is 11.3 Å². The summed E-state index contributed by atoms with van der Waals surface area (Å²) in [6.07, 6.45) is 3.59. The van der Waals surface area contributed by atoms with Gasteiger partial charge in [-0.05, 0) is 42.8 Å². The van der Waals surface area contributed by atoms with Gasteiger partial charge >= 0.3 is 0 Å². The van der Waals surface area contributed by atoms with Crippen LogP contribution in [0.5, 0.6) is 0 Å². The molecule has 0 aliphatic carbocycles. The summed E-state index contributed by atoms with van der Waals surface area (Å²) in [6.45, 7) is 1.93. The first-order valence-corrected chi connectivity index (χ1v) is 9.33. The highest BCUT2D eigenvalue weighted by Crippen LogP contribution is 2.26. The Morgan fingerprint density at radius 3 is 2.76 bits per heavy atom. The Hall–Kier alpha value is -2.93. The van der Waals surface area contributed by atoms with Crippen molar-refractivity contribution in [3.05, 3.63) is 78.1 Å². The molecule has 1 atom stereocenters. The summed E-state index contributed by atoms with van der Waals surface area (Å²) in [7, 11) is -3.52. The largest absolute Gasteiger partial charge is 0.263 e. The fourth-order valence-corrected chi connectivity index (χ4v) is 4.09. The van der Waals surface area contributed by atoms with E-state index in [4.69, 9.17) is 0 Å². The molecule has 126 valence electrons. The average molecular weight is 352 g/mol. The number of amidine groups is 1. The van der Waals surface area contributed by atoms with Gasteiger partial charge in [0.05, 0.1) is 16.6 Å². The number of rotatable bonds is 3. The molecule has 2 aromatic carbocycles. The molecule has 0 amide bonds. The third kappa shape index (κ3) is 2.83. The van der Waals surface area contributed by atoms with Crippen LogP contribution in [0.25, 0.3) is 5.69 Å². The topological polar surface area (TPSA) is 76.3 Å². The van der Waals surface area contributed by atoms with E-state index in [9.17, 15) is 8.42 Å². The Kier molecular flexibility index (Phi) is 3.65. The summed E-state index contributed by atoms with van der Waals surface area (Å²) in [5.74, 6) is 0.382. The molecule has 7 heteroatoms. The predicted octanol–water partition coefficient (Wildman–Crippen LogP) is 2.67. The zero-order chi connectivity index (χ0) is 17.4. The number of benzene rings is 2. The molecule has 6 nitrogen and oxygen atoms in total. The molecule has 1 aromatic heterocycles. The maximum Gasteiger partial charge on any atom is 0.263 e. The van der Waals surface area contributed by atoms with Gasteiger partial charge in [-0.25, -0.2) is 13.1 Å². The quantitative estimate of drug-likeness (QED) is 0.787. The number of nitrogens with zero attached hydrogens (tertiary/aromatic N) is 3. The Morgan fingerprint density at radius 2 is 1.96 bits per heavy atom. The summed E-state index contributed by atoms with van der Waals surface area (Å²) in [4.78, 5) is 4.87. The third-order valence-corrected chi connectivity index (χ3v) is 5.50. The van der Waals surface area contributed by atoms with Crippen molar-refractivity contribution in [2.24, 2.45) is 4.99 Å². The molecule has 3 aromatic rings. The first-order chi connectivity index (χ1) is 12.0. The number of hydrogen-bond donors (Lipinski definition) is 1. The van der Waals surface area contributed by atoms with Crippen molar-refractivity contribution in [2.45, 2.75) is 17.9 Å². The predicted molar refractivity (Wildman–Crippen MR) is 95.3 cm³/mol. The lowest BCUT2D eigenvalue weighted by molar-refractivity contribution is 0.595. The van der Waals surface area contributed by atoms with E-state index in [-0.39, 0.29) is 10.9 Å². The minimum Gasteiger partial charge on any atom is -0.263 e. The molecule has 1 N–H and O–H groups in total. The fourth-order valence-electron chi connectivity index (χ4n) is 2.85. The van der Waals surface area contributed by atoms with Crippen molar-refractivity contribution in [2.75, 3.05) is 0 Å². The zero-order valence-corrected chi connectivity index (χ0v) is 14.3. The summed E-state index contributed by atoms with van der Waals surface area (Å²) in [5.41, 5.74) is 2.52. The number of sulfonamides is 1. The van der Waals surface area contributed by atoms with Gasteiger partial charge in [0.2, 0.25) is 0 Å². The van der Waals surface area contributed by atoms with Gasteiger partial charge in [0.25, 0.3) is 10.0 Å². The molecule has 1 unspecified atom stereocenters. The van der Waals surface area contributed by atoms with Gasteiger partial charge in [-0.2, -0.15) is 5.10 Å². The number of aromatic nitrogens is 2. The molecule has 4 rings (SSSR count). The van der Waals surface area contributed by atoms with Crippen LogP contribution in [0, 0.1) is 0 Å². The van der Waals surface area contributed by atoms with Crippen LogP contribution in [0.15, 0.2) is 76.9 Å². The van der Waals surface area contributed by atoms with Gasteiger partial charge in [-0.1, -0.05) is 24.3 Å². The molecular weight excluding hydrogens is 336 g/mol. The molecule has 25 heavy (non-hydrogen) atoms. The fraction of sp³-hybridized carbons (Fsp3) is 0.111. The highest BCUT2D eigenvalue weighted by atomic mass is 32.2. The van der Waals surface area contributed by atoms with E-state index < -0.39 is 10.0 Å². The van der Waals surface area contributed by atoms with E-state index >= 15 is 0 Å². The van der Waals surface area contributed by atoms with Gasteiger partial charge in [0.15, 0.2) is 0 Å². The monoisotopic (exact) mass is 352 g/mol. The van der Waals surface area contributed by atoms with Gasteiger partial charge in [-0.3, -0.25) is 9.71 Å². The summed E-state index contributed by atoms with van der Waals surface area (Å²) < 4.78 is 28.7. The lowest BCUT2D eigenvalue weighted by Crippen LogP contribution is -2.22. The van der Waals surface area contributed by atoms with Crippen molar-refractivity contribution in [1.82, 2.24) is 14.5 Å². The Labute approximate surface area is 145 Å². The first-order valence-electron chi connectivity index (χ1n) is 7.84. The van der Waals surface area contributed by atoms with Gasteiger partial charge in [0, 0.05) is 18.0 Å². The van der Waals surface area contributed by atoms with Crippen molar-refractivity contribution in [1.29, 1.82) is 0 Å². The van der Waals surface area contributed by atoms with Crippen molar-refractivity contribution in [3.63, 3.8) is 0 Å². The first kappa shape index (κ1) is 15.6. The molecule has 0 bridgehead atoms. The second kappa shape index (κ2) is 5.86. The highest BCUT2D eigenvalue weighted by molar-refractivity contribution is 7.90. The number of fused-ring (bicyclic) bond motifs is 1. The Bertz CT molecular complexity index is 1060. The lowest BCUT2D eigenvalue weighted by atomic mass is 10.1. The van der Waals surface area contributed by atoms with Crippen LogP contribution >= 0.6 is 0 Å². The molecule has 0 radical (unpaired) electrons. The van der Waals surface area contributed by atoms with E-state index in [1.165, 1.54) is 0 Å². The van der Waals surface area contributed by atoms with Crippen LogP contribution < -0.4 is 4.72 Å². The van der Waals surface area contributed by atoms with Crippen LogP contribution in [0.3, 0.4) is 0 Å². The van der Waals surface area contributed by atoms with Crippen molar-refractivity contribution < 1.29 is 8.42 Å². The zero-order valence-electron chi connectivity index (χ0n) is 13.5. The molecule has 0 saturated heterocycles. The lowest BCUT2D eigenvalue weighted by Gasteiger charge is -2.10. The minimum absolute atomic E-state index is 0.209. The smallest absolute Gasteiger partial charge is 0.263 e. The van der Waals surface area contributed by atoms with Crippen LogP contribution in [0.2, 0.25) is 0 Å². The molecular formula is C18H16N4O2S. The average Bonchev–Trinajstić information content (AvgIpc) is 3.23. The van der Waals surface area contributed by atoms with Crippen LogP contribution in [0.4, 0.5) is 0 Å². The summed E-state index contributed by atoms with van der Waals surface area (Å²) >= 11 is 0. The second-order valence-electron chi connectivity index (χ2n) is 5.80. The van der Waals surface area contributed by atoms with Gasteiger partial charge < -0.3 is 0 Å². The maximum atomic E-state index is 12.2. The van der Waals surface area contributed by atoms with E-state index in [0.29, 0.717) is 11.4 Å². The number of aliphatic imine (C=N–C) groups is 1. The van der Waals surface area contributed by atoms with Crippen LogP contribution in [-0.4, -0.2) is 24.0 Å². The molecule has 0 fully saturated rings. The van der Waals surface area contributed by atoms with Crippen molar-refractivity contribution >= 4 is 15.9 Å². The normalized spacial score (nSPS) is 17.9. The molecule has 1 aliphatic heterocycles. The van der Waals surface area contributed by atoms with Crippen LogP contribution in [-0.2, 0) is 10.0 Å². The standard InChI is InChI=1S/C18H16N4O2S/c1-13(14-6-4-7-15(12-14)22-11-5-10-19-22)20-18-16-8-2-3-9-17(16)25(23,24)21-18/h2-13H,1H3,(H,20,21). The highest BCUT2D eigenvalue weighted by Gasteiger charge is 2.30. The minimum atomic E-state index is -3.52. The Balaban J connectivity index is 1.70. The van der Waals surface area contributed by atoms with Gasteiger partial charge in [-0.15, -0.1) is 0 Å². The van der Waals surface area contributed by atoms with E-state index in [1.807, 2.05) is 43.5 Å². The van der Waals surface area contributed by atoms with E-state index in [1.54, 1.807) is 35.1 Å². The van der Waals surface area contributed by atoms with Crippen molar-refractivity contribution in [3.8, 4) is 5.69 Å². The number of nitrogens with one attached hydrogen (secondary N) is 1. The SMILES string of the molecule is CC(N=C1NS(=O)(=O)c2ccccc21)c1cccc(-n2cccn2)c1. The van der Waals surface area contributed by atoms with Gasteiger partial charge in [0.1, 0.15) is 5.84 Å². The molecule has 2 heterocycles. The Morgan fingerprint density at radius 1 is 1.12 bits per heavy atom. The molecule has 0 saturated carbocycles.